The van der Waals surface area contributed by atoms with Gasteiger partial charge in [-0.1, -0.05) is 0 Å². The fourth-order valence-electron chi connectivity index (χ4n) is 2.62. The van der Waals surface area contributed by atoms with Crippen LogP contribution in [-0.4, -0.2) is 19.5 Å². The zero-order valence-corrected chi connectivity index (χ0v) is 12.0. The standard InChI is InChI=1S/C15H18FN5/c1-9(2)21-14-4-3-10(16)5-13(14)20-15(21)12(17)6-11-7-18-8-19-11/h3-5,7-9,12H,6,17H2,1-2H3,(H,18,19). The van der Waals surface area contributed by atoms with E-state index in [9.17, 15) is 4.39 Å². The topological polar surface area (TPSA) is 72.5 Å². The Bertz CT molecular complexity index is 745. The molecule has 0 fully saturated rings. The van der Waals surface area contributed by atoms with Crippen molar-refractivity contribution in [3.05, 3.63) is 48.1 Å². The van der Waals surface area contributed by atoms with Gasteiger partial charge in [0, 0.05) is 30.4 Å². The molecule has 6 heteroatoms. The molecule has 3 rings (SSSR count). The Morgan fingerprint density at radius 2 is 2.19 bits per heavy atom. The second-order valence-electron chi connectivity index (χ2n) is 5.45. The summed E-state index contributed by atoms with van der Waals surface area (Å²) in [4.78, 5) is 11.6. The van der Waals surface area contributed by atoms with Gasteiger partial charge in [0.2, 0.25) is 0 Å². The average Bonchev–Trinajstić information content (AvgIpc) is 3.04. The lowest BCUT2D eigenvalue weighted by atomic mass is 10.1. The zero-order chi connectivity index (χ0) is 15.0. The number of hydrogen-bond acceptors (Lipinski definition) is 3. The molecular weight excluding hydrogens is 269 g/mol. The number of imidazole rings is 2. The van der Waals surface area contributed by atoms with Gasteiger partial charge in [-0.2, -0.15) is 0 Å². The van der Waals surface area contributed by atoms with Gasteiger partial charge in [0.15, 0.2) is 0 Å². The number of benzene rings is 1. The first kappa shape index (κ1) is 13.8. The number of fused-ring (bicyclic) bond motifs is 1. The van der Waals surface area contributed by atoms with Crippen LogP contribution in [0.2, 0.25) is 0 Å². The van der Waals surface area contributed by atoms with Gasteiger partial charge in [0.25, 0.3) is 0 Å². The molecule has 5 nitrogen and oxygen atoms in total. The molecule has 2 heterocycles. The summed E-state index contributed by atoms with van der Waals surface area (Å²) in [7, 11) is 0. The fraction of sp³-hybridized carbons (Fsp3) is 0.333. The minimum absolute atomic E-state index is 0.197. The first-order valence-electron chi connectivity index (χ1n) is 6.96. The molecule has 0 saturated heterocycles. The smallest absolute Gasteiger partial charge is 0.127 e. The third kappa shape index (κ3) is 2.54. The normalized spacial score (nSPS) is 13.2. The molecule has 3 aromatic rings. The molecule has 0 bridgehead atoms. The molecule has 0 aliphatic carbocycles. The molecular formula is C15H18FN5. The Kier molecular flexibility index (Phi) is 3.47. The van der Waals surface area contributed by atoms with Crippen molar-refractivity contribution in [2.45, 2.75) is 32.4 Å². The van der Waals surface area contributed by atoms with E-state index in [1.54, 1.807) is 18.6 Å². The summed E-state index contributed by atoms with van der Waals surface area (Å²) in [6, 6.07) is 4.57. The van der Waals surface area contributed by atoms with E-state index in [2.05, 4.69) is 33.4 Å². The highest BCUT2D eigenvalue weighted by molar-refractivity contribution is 5.76. The van der Waals surface area contributed by atoms with E-state index >= 15 is 0 Å². The maximum absolute atomic E-state index is 13.4. The maximum atomic E-state index is 13.4. The summed E-state index contributed by atoms with van der Waals surface area (Å²) < 4.78 is 15.5. The number of hydrogen-bond donors (Lipinski definition) is 2. The molecule has 110 valence electrons. The largest absolute Gasteiger partial charge is 0.348 e. The van der Waals surface area contributed by atoms with Crippen LogP contribution in [-0.2, 0) is 6.42 Å². The summed E-state index contributed by atoms with van der Waals surface area (Å²) >= 11 is 0. The number of rotatable bonds is 4. The van der Waals surface area contributed by atoms with Crippen LogP contribution in [0.4, 0.5) is 4.39 Å². The van der Waals surface area contributed by atoms with Gasteiger partial charge >= 0.3 is 0 Å². The van der Waals surface area contributed by atoms with Gasteiger partial charge in [-0.25, -0.2) is 14.4 Å². The highest BCUT2D eigenvalue weighted by atomic mass is 19.1. The highest BCUT2D eigenvalue weighted by Gasteiger charge is 2.19. The van der Waals surface area contributed by atoms with Gasteiger partial charge < -0.3 is 15.3 Å². The first-order valence-corrected chi connectivity index (χ1v) is 6.96. The van der Waals surface area contributed by atoms with Crippen LogP contribution < -0.4 is 5.73 Å². The SMILES string of the molecule is CC(C)n1c(C(N)Cc2cnc[nH]2)nc2cc(F)ccc21. The van der Waals surface area contributed by atoms with Crippen molar-refractivity contribution in [2.24, 2.45) is 5.73 Å². The molecule has 0 spiro atoms. The van der Waals surface area contributed by atoms with Crippen LogP contribution in [0.5, 0.6) is 0 Å². The monoisotopic (exact) mass is 287 g/mol. The Labute approximate surface area is 122 Å². The van der Waals surface area contributed by atoms with Crippen molar-refractivity contribution in [3.63, 3.8) is 0 Å². The zero-order valence-electron chi connectivity index (χ0n) is 12.0. The third-order valence-corrected chi connectivity index (χ3v) is 3.52. The van der Waals surface area contributed by atoms with E-state index in [1.165, 1.54) is 12.1 Å². The Morgan fingerprint density at radius 3 is 2.86 bits per heavy atom. The summed E-state index contributed by atoms with van der Waals surface area (Å²) in [5, 5.41) is 0. The fourth-order valence-corrected chi connectivity index (χ4v) is 2.62. The number of aromatic amines is 1. The molecule has 2 aromatic heterocycles. The van der Waals surface area contributed by atoms with E-state index in [0.29, 0.717) is 11.9 Å². The maximum Gasteiger partial charge on any atom is 0.127 e. The number of nitrogens with zero attached hydrogens (tertiary/aromatic N) is 3. The number of aromatic nitrogens is 4. The minimum Gasteiger partial charge on any atom is -0.348 e. The molecule has 0 saturated carbocycles. The quantitative estimate of drug-likeness (QED) is 0.775. The van der Waals surface area contributed by atoms with Gasteiger partial charge in [0.1, 0.15) is 11.6 Å². The molecule has 0 aliphatic heterocycles. The second kappa shape index (κ2) is 5.29. The predicted octanol–water partition coefficient (Wildman–Crippen LogP) is 2.72. The number of H-pyrrole nitrogens is 1. The van der Waals surface area contributed by atoms with Crippen molar-refractivity contribution in [2.75, 3.05) is 0 Å². The van der Waals surface area contributed by atoms with Gasteiger partial charge in [-0.3, -0.25) is 0 Å². The van der Waals surface area contributed by atoms with Crippen molar-refractivity contribution >= 4 is 11.0 Å². The summed E-state index contributed by atoms with van der Waals surface area (Å²) in [6.07, 6.45) is 3.99. The van der Waals surface area contributed by atoms with Crippen molar-refractivity contribution in [1.82, 2.24) is 19.5 Å². The van der Waals surface area contributed by atoms with Crippen molar-refractivity contribution in [1.29, 1.82) is 0 Å². The third-order valence-electron chi connectivity index (χ3n) is 3.52. The Hall–Kier alpha value is -2.21. The lowest BCUT2D eigenvalue weighted by Gasteiger charge is -2.17. The van der Waals surface area contributed by atoms with E-state index in [1.807, 2.05) is 0 Å². The van der Waals surface area contributed by atoms with Crippen LogP contribution in [0.15, 0.2) is 30.7 Å². The van der Waals surface area contributed by atoms with Gasteiger partial charge in [-0.05, 0) is 26.0 Å². The van der Waals surface area contributed by atoms with E-state index in [0.717, 1.165) is 17.0 Å². The molecule has 21 heavy (non-hydrogen) atoms. The number of nitrogens with two attached hydrogens (primary N) is 1. The summed E-state index contributed by atoms with van der Waals surface area (Å²) in [5.74, 6) is 0.477. The van der Waals surface area contributed by atoms with Gasteiger partial charge in [-0.15, -0.1) is 0 Å². The summed E-state index contributed by atoms with van der Waals surface area (Å²) in [5.41, 5.74) is 8.80. The van der Waals surface area contributed by atoms with E-state index < -0.39 is 0 Å². The number of halogens is 1. The lowest BCUT2D eigenvalue weighted by Crippen LogP contribution is -2.20. The van der Waals surface area contributed by atoms with E-state index in [-0.39, 0.29) is 17.9 Å². The molecule has 0 amide bonds. The van der Waals surface area contributed by atoms with Crippen LogP contribution in [0.1, 0.15) is 37.4 Å². The highest BCUT2D eigenvalue weighted by Crippen LogP contribution is 2.26. The second-order valence-corrected chi connectivity index (χ2v) is 5.45. The van der Waals surface area contributed by atoms with Crippen LogP contribution >= 0.6 is 0 Å². The molecule has 3 N–H and O–H groups in total. The predicted molar refractivity (Wildman–Crippen MR) is 79.3 cm³/mol. The van der Waals surface area contributed by atoms with Crippen molar-refractivity contribution in [3.8, 4) is 0 Å². The first-order chi connectivity index (χ1) is 10.1. The molecule has 1 aromatic carbocycles. The molecule has 1 unspecified atom stereocenters. The Balaban J connectivity index is 2.06. The number of nitrogens with one attached hydrogen (secondary N) is 1. The van der Waals surface area contributed by atoms with E-state index in [4.69, 9.17) is 5.73 Å². The molecule has 1 atom stereocenters. The lowest BCUT2D eigenvalue weighted by molar-refractivity contribution is 0.538. The summed E-state index contributed by atoms with van der Waals surface area (Å²) in [6.45, 7) is 4.13. The minimum atomic E-state index is -0.287. The van der Waals surface area contributed by atoms with Crippen LogP contribution in [0.3, 0.4) is 0 Å². The molecule has 0 aliphatic rings. The van der Waals surface area contributed by atoms with Crippen molar-refractivity contribution < 1.29 is 4.39 Å². The molecule has 0 radical (unpaired) electrons. The van der Waals surface area contributed by atoms with Gasteiger partial charge in [0.05, 0.1) is 23.4 Å². The van der Waals surface area contributed by atoms with Crippen LogP contribution in [0, 0.1) is 5.82 Å². The average molecular weight is 287 g/mol. The Morgan fingerprint density at radius 1 is 1.38 bits per heavy atom. The van der Waals surface area contributed by atoms with Crippen LogP contribution in [0.25, 0.3) is 11.0 Å².